The zero-order valence-electron chi connectivity index (χ0n) is 20.5. The maximum Gasteiger partial charge on any atom is 0.426 e. The molecule has 0 spiro atoms. The minimum absolute atomic E-state index is 0.0495. The first kappa shape index (κ1) is 26.8. The van der Waals surface area contributed by atoms with Crippen molar-refractivity contribution in [2.75, 3.05) is 0 Å². The van der Waals surface area contributed by atoms with Gasteiger partial charge in [-0.2, -0.15) is 26.3 Å². The second kappa shape index (κ2) is 8.64. The van der Waals surface area contributed by atoms with Gasteiger partial charge in [-0.05, 0) is 79.4 Å². The van der Waals surface area contributed by atoms with Gasteiger partial charge in [0.15, 0.2) is 0 Å². The van der Waals surface area contributed by atoms with Crippen LogP contribution in [0.15, 0.2) is 35.5 Å². The topological polar surface area (TPSA) is 40.5 Å². The van der Waals surface area contributed by atoms with Crippen molar-refractivity contribution in [2.45, 2.75) is 96.2 Å². The maximum absolute atomic E-state index is 13.0. The van der Waals surface area contributed by atoms with Gasteiger partial charge in [0.25, 0.3) is 5.60 Å². The SMILES string of the molecule is C[C@H](/C=C/CC(O)(C(F)(F)F)C(F)(F)F)[C@H]1CC[C@H]2C3=CC=C4C[C@@H](O)CC[C@]4(C)[C@H]3CC[C@]12C. The molecule has 0 amide bonds. The van der Waals surface area contributed by atoms with Crippen LogP contribution in [-0.4, -0.2) is 34.3 Å². The number of halogens is 6. The van der Waals surface area contributed by atoms with Crippen LogP contribution in [0.4, 0.5) is 26.3 Å². The Bertz CT molecular complexity index is 902. The van der Waals surface area contributed by atoms with Crippen LogP contribution in [0.1, 0.15) is 72.1 Å². The van der Waals surface area contributed by atoms with Crippen LogP contribution in [-0.2, 0) is 0 Å². The van der Waals surface area contributed by atoms with Gasteiger partial charge in [-0.25, -0.2) is 0 Å². The third kappa shape index (κ3) is 4.20. The Hall–Kier alpha value is -1.28. The summed E-state index contributed by atoms with van der Waals surface area (Å²) in [5, 5.41) is 19.6. The molecule has 2 N–H and O–H groups in total. The summed E-state index contributed by atoms with van der Waals surface area (Å²) in [6.07, 6.45) is -0.460. The Balaban J connectivity index is 1.52. The van der Waals surface area contributed by atoms with Gasteiger partial charge in [0, 0.05) is 6.42 Å². The standard InChI is InChI=1S/C27H36F6O2/c1-16(5-4-12-25(35,26(28,29)30)27(31,32)33)20-8-9-21-19-7-6-17-15-18(34)10-13-23(17,2)22(19)11-14-24(20,21)3/h4-7,16,18,20-22,34-35H,8-15H2,1-3H3/b5-4+/t16-,18+,20-,21+,22+,23+,24-/m1/s1. The molecule has 0 aromatic heterocycles. The molecule has 8 heteroatoms. The number of hydrogen-bond acceptors (Lipinski definition) is 2. The van der Waals surface area contributed by atoms with E-state index in [1.165, 1.54) is 17.2 Å². The first-order valence-electron chi connectivity index (χ1n) is 12.7. The lowest BCUT2D eigenvalue weighted by Crippen LogP contribution is -2.56. The van der Waals surface area contributed by atoms with Gasteiger partial charge >= 0.3 is 12.4 Å². The van der Waals surface area contributed by atoms with Crippen LogP contribution in [0, 0.1) is 34.5 Å². The summed E-state index contributed by atoms with van der Waals surface area (Å²) in [6, 6.07) is 0. The Kier molecular flexibility index (Phi) is 6.61. The zero-order chi connectivity index (χ0) is 26.0. The molecule has 0 bridgehead atoms. The summed E-state index contributed by atoms with van der Waals surface area (Å²) >= 11 is 0. The number of rotatable bonds is 4. The van der Waals surface area contributed by atoms with Gasteiger partial charge in [-0.15, -0.1) is 0 Å². The predicted molar refractivity (Wildman–Crippen MR) is 121 cm³/mol. The minimum Gasteiger partial charge on any atom is -0.393 e. The molecule has 0 aromatic rings. The van der Waals surface area contributed by atoms with Crippen LogP contribution < -0.4 is 0 Å². The smallest absolute Gasteiger partial charge is 0.393 e. The van der Waals surface area contributed by atoms with Crippen LogP contribution in [0.3, 0.4) is 0 Å². The number of hydrogen-bond donors (Lipinski definition) is 2. The first-order chi connectivity index (χ1) is 16.0. The molecular formula is C27H36F6O2. The van der Waals surface area contributed by atoms with Crippen molar-refractivity contribution < 1.29 is 36.6 Å². The van der Waals surface area contributed by atoms with E-state index in [4.69, 9.17) is 0 Å². The van der Waals surface area contributed by atoms with Crippen LogP contribution >= 0.6 is 0 Å². The van der Waals surface area contributed by atoms with E-state index in [0.29, 0.717) is 18.3 Å². The van der Waals surface area contributed by atoms with E-state index >= 15 is 0 Å². The summed E-state index contributed by atoms with van der Waals surface area (Å²) < 4.78 is 78.0. The molecule has 4 aliphatic carbocycles. The molecule has 0 aromatic carbocycles. The molecule has 7 atom stereocenters. The van der Waals surface area contributed by atoms with Crippen molar-refractivity contribution >= 4 is 0 Å². The number of aliphatic hydroxyl groups excluding tert-OH is 1. The molecule has 198 valence electrons. The molecule has 4 rings (SSSR count). The second-order valence-electron chi connectivity index (χ2n) is 11.9. The van der Waals surface area contributed by atoms with E-state index in [2.05, 4.69) is 26.0 Å². The van der Waals surface area contributed by atoms with Crippen molar-refractivity contribution in [1.29, 1.82) is 0 Å². The highest BCUT2D eigenvalue weighted by Crippen LogP contribution is 2.66. The Morgan fingerprint density at radius 2 is 1.63 bits per heavy atom. The van der Waals surface area contributed by atoms with Gasteiger partial charge in [-0.3, -0.25) is 0 Å². The molecule has 0 radical (unpaired) electrons. The second-order valence-corrected chi connectivity index (χ2v) is 11.9. The van der Waals surface area contributed by atoms with Gasteiger partial charge in [0.05, 0.1) is 6.10 Å². The van der Waals surface area contributed by atoms with Crippen molar-refractivity contribution in [3.63, 3.8) is 0 Å². The highest BCUT2D eigenvalue weighted by Gasteiger charge is 2.69. The lowest BCUT2D eigenvalue weighted by atomic mass is 9.50. The van der Waals surface area contributed by atoms with Crippen molar-refractivity contribution in [3.8, 4) is 0 Å². The number of alkyl halides is 6. The first-order valence-corrected chi connectivity index (χ1v) is 12.7. The fourth-order valence-corrected chi connectivity index (χ4v) is 7.87. The Morgan fingerprint density at radius 1 is 0.971 bits per heavy atom. The van der Waals surface area contributed by atoms with Crippen LogP contribution in [0.5, 0.6) is 0 Å². The molecule has 3 saturated carbocycles. The third-order valence-corrected chi connectivity index (χ3v) is 10.0. The summed E-state index contributed by atoms with van der Waals surface area (Å²) in [4.78, 5) is 0. The monoisotopic (exact) mass is 506 g/mol. The number of fused-ring (bicyclic) bond motifs is 5. The van der Waals surface area contributed by atoms with E-state index in [0.717, 1.165) is 44.6 Å². The molecule has 2 nitrogen and oxygen atoms in total. The molecular weight excluding hydrogens is 470 g/mol. The summed E-state index contributed by atoms with van der Waals surface area (Å²) in [6.45, 7) is 6.40. The third-order valence-electron chi connectivity index (χ3n) is 10.0. The van der Waals surface area contributed by atoms with Gasteiger partial charge in [0.2, 0.25) is 0 Å². The number of aliphatic hydroxyl groups is 2. The normalized spacial score (nSPS) is 38.9. The Morgan fingerprint density at radius 3 is 2.26 bits per heavy atom. The zero-order valence-corrected chi connectivity index (χ0v) is 20.5. The van der Waals surface area contributed by atoms with Gasteiger partial charge < -0.3 is 10.2 Å². The molecule has 0 heterocycles. The van der Waals surface area contributed by atoms with Gasteiger partial charge in [0.1, 0.15) is 0 Å². The average molecular weight is 507 g/mol. The lowest BCUT2D eigenvalue weighted by molar-refractivity contribution is -0.366. The number of allylic oxidation sites excluding steroid dienone is 4. The average Bonchev–Trinajstić information content (AvgIpc) is 3.09. The van der Waals surface area contributed by atoms with E-state index in [1.807, 2.05) is 6.92 Å². The van der Waals surface area contributed by atoms with E-state index in [1.54, 1.807) is 0 Å². The maximum atomic E-state index is 13.0. The molecule has 3 fully saturated rings. The summed E-state index contributed by atoms with van der Waals surface area (Å²) in [5.74, 6) is 0.696. The summed E-state index contributed by atoms with van der Waals surface area (Å²) in [5.41, 5.74) is -2.01. The van der Waals surface area contributed by atoms with Gasteiger partial charge in [-0.1, -0.05) is 56.2 Å². The van der Waals surface area contributed by atoms with Crippen LogP contribution in [0.25, 0.3) is 0 Å². The lowest BCUT2D eigenvalue weighted by Gasteiger charge is -2.55. The quantitative estimate of drug-likeness (QED) is 0.311. The molecule has 0 saturated heterocycles. The largest absolute Gasteiger partial charge is 0.426 e. The molecule has 35 heavy (non-hydrogen) atoms. The highest BCUT2D eigenvalue weighted by atomic mass is 19.4. The molecule has 0 unspecified atom stereocenters. The van der Waals surface area contributed by atoms with Crippen LogP contribution in [0.2, 0.25) is 0 Å². The van der Waals surface area contributed by atoms with Crippen molar-refractivity contribution in [3.05, 3.63) is 35.5 Å². The van der Waals surface area contributed by atoms with E-state index in [-0.39, 0.29) is 28.8 Å². The van der Waals surface area contributed by atoms with E-state index < -0.39 is 24.4 Å². The van der Waals surface area contributed by atoms with E-state index in [9.17, 15) is 36.6 Å². The van der Waals surface area contributed by atoms with Crippen molar-refractivity contribution in [1.82, 2.24) is 0 Å². The predicted octanol–water partition coefficient (Wildman–Crippen LogP) is 7.28. The van der Waals surface area contributed by atoms with Crippen molar-refractivity contribution in [2.24, 2.45) is 34.5 Å². The molecule has 4 aliphatic rings. The highest BCUT2D eigenvalue weighted by molar-refractivity contribution is 5.39. The fraction of sp³-hybridized carbons (Fsp3) is 0.778. The minimum atomic E-state index is -5.80. The molecule has 0 aliphatic heterocycles. The Labute approximate surface area is 203 Å². The fourth-order valence-electron chi connectivity index (χ4n) is 7.87. The summed E-state index contributed by atoms with van der Waals surface area (Å²) in [7, 11) is 0.